The van der Waals surface area contributed by atoms with Gasteiger partial charge in [-0.3, -0.25) is 19.3 Å². The van der Waals surface area contributed by atoms with Gasteiger partial charge in [-0.05, 0) is 38.1 Å². The van der Waals surface area contributed by atoms with Gasteiger partial charge in [0.2, 0.25) is 5.78 Å². The molecule has 0 saturated heterocycles. The number of aryl methyl sites for hydroxylation is 1. The van der Waals surface area contributed by atoms with Crippen molar-refractivity contribution in [2.24, 2.45) is 17.6 Å². The van der Waals surface area contributed by atoms with Crippen molar-refractivity contribution in [3.8, 4) is 5.75 Å². The number of aromatic hydroxyl groups is 1. The molecule has 176 valence electrons. The predicted molar refractivity (Wildman–Crippen MR) is 115 cm³/mol. The molecule has 4 unspecified atom stereocenters. The molecular formula is C23H26N2O8. The Morgan fingerprint density at radius 2 is 1.76 bits per heavy atom. The number of carbonyl (C=O) groups is 3. The fraction of sp³-hybridized carbons (Fsp3) is 0.435. The maximum atomic E-state index is 13.7. The minimum absolute atomic E-state index is 0.00834. The molecule has 3 aliphatic rings. The summed E-state index contributed by atoms with van der Waals surface area (Å²) in [7, 11) is 2.93. The van der Waals surface area contributed by atoms with Crippen molar-refractivity contribution in [1.29, 1.82) is 0 Å². The minimum atomic E-state index is -2.90. The zero-order chi connectivity index (χ0) is 24.7. The number of phenols is 1. The quantitative estimate of drug-likeness (QED) is 0.327. The number of nitrogens with two attached hydrogens (primary N) is 1. The summed E-state index contributed by atoms with van der Waals surface area (Å²) in [4.78, 5) is 40.1. The summed E-state index contributed by atoms with van der Waals surface area (Å²) in [6.45, 7) is 3.29. The van der Waals surface area contributed by atoms with E-state index in [1.165, 1.54) is 19.0 Å². The molecule has 0 aromatic heterocycles. The third-order valence-corrected chi connectivity index (χ3v) is 7.33. The van der Waals surface area contributed by atoms with Gasteiger partial charge in [-0.2, -0.15) is 0 Å². The Morgan fingerprint density at radius 3 is 2.30 bits per heavy atom. The Morgan fingerprint density at radius 1 is 1.15 bits per heavy atom. The van der Waals surface area contributed by atoms with Crippen LogP contribution in [0.1, 0.15) is 29.5 Å². The molecule has 10 heteroatoms. The molecule has 0 aliphatic heterocycles. The molecule has 0 bridgehead atoms. The van der Waals surface area contributed by atoms with Crippen LogP contribution in [0.15, 0.2) is 29.0 Å². The van der Waals surface area contributed by atoms with Crippen molar-refractivity contribution in [2.75, 3.05) is 14.1 Å². The summed E-state index contributed by atoms with van der Waals surface area (Å²) in [6, 6.07) is 1.94. The number of hydrogen-bond acceptors (Lipinski definition) is 9. The first-order chi connectivity index (χ1) is 15.3. The second kappa shape index (κ2) is 7.14. The minimum Gasteiger partial charge on any atom is -0.508 e. The van der Waals surface area contributed by atoms with E-state index in [1.54, 1.807) is 26.0 Å². The van der Waals surface area contributed by atoms with E-state index in [0.717, 1.165) is 0 Å². The van der Waals surface area contributed by atoms with Crippen molar-refractivity contribution in [3.63, 3.8) is 0 Å². The van der Waals surface area contributed by atoms with Crippen molar-refractivity contribution < 1.29 is 39.9 Å². The van der Waals surface area contributed by atoms with E-state index < -0.39 is 75.6 Å². The molecule has 4 rings (SSSR count). The Balaban J connectivity index is 2.07. The first-order valence-electron chi connectivity index (χ1n) is 10.4. The highest BCUT2D eigenvalue weighted by Crippen LogP contribution is 2.56. The third-order valence-electron chi connectivity index (χ3n) is 7.33. The van der Waals surface area contributed by atoms with Gasteiger partial charge in [-0.25, -0.2) is 0 Å². The zero-order valence-electron chi connectivity index (χ0n) is 18.5. The van der Waals surface area contributed by atoms with Crippen LogP contribution in [0.2, 0.25) is 0 Å². The van der Waals surface area contributed by atoms with E-state index in [1.807, 2.05) is 0 Å². The van der Waals surface area contributed by atoms with Gasteiger partial charge >= 0.3 is 0 Å². The van der Waals surface area contributed by atoms with Gasteiger partial charge in [-0.15, -0.1) is 0 Å². The lowest BCUT2D eigenvalue weighted by atomic mass is 9.54. The van der Waals surface area contributed by atoms with Crippen LogP contribution in [0.5, 0.6) is 5.75 Å². The second-order valence-electron chi connectivity index (χ2n) is 9.24. The topological polar surface area (TPSA) is 182 Å². The SMILES string of the molecule is Cc1ccc2c(c1O)C(O)=C1C(=O)[C@]3(O)C(O)=C(C(N)=O)C(=O)C(N(C)C)C3C(O)C1[C@H]2C. The number of benzene rings is 1. The van der Waals surface area contributed by atoms with Gasteiger partial charge in [0, 0.05) is 11.5 Å². The highest BCUT2D eigenvalue weighted by Gasteiger charge is 2.68. The number of ketones is 2. The molecule has 10 nitrogen and oxygen atoms in total. The van der Waals surface area contributed by atoms with Gasteiger partial charge in [0.15, 0.2) is 11.4 Å². The third kappa shape index (κ3) is 2.68. The van der Waals surface area contributed by atoms with E-state index >= 15 is 0 Å². The van der Waals surface area contributed by atoms with Crippen LogP contribution in [0.3, 0.4) is 0 Å². The number of rotatable bonds is 2. The van der Waals surface area contributed by atoms with Crippen molar-refractivity contribution >= 4 is 23.2 Å². The lowest BCUT2D eigenvalue weighted by Gasteiger charge is -2.53. The highest BCUT2D eigenvalue weighted by molar-refractivity contribution is 6.24. The predicted octanol–water partition coefficient (Wildman–Crippen LogP) is -0.196. The number of likely N-dealkylation sites (N-methyl/N-ethyl adjacent to an activating group) is 1. The number of fused-ring (bicyclic) bond motifs is 3. The largest absolute Gasteiger partial charge is 0.508 e. The molecule has 0 spiro atoms. The highest BCUT2D eigenvalue weighted by atomic mass is 16.4. The lowest BCUT2D eigenvalue weighted by molar-refractivity contribution is -0.169. The number of Topliss-reactive ketones (excluding diaryl/α,β-unsaturated/α-hetero) is 2. The second-order valence-corrected chi connectivity index (χ2v) is 9.24. The molecular weight excluding hydrogens is 432 g/mol. The lowest BCUT2D eigenvalue weighted by Crippen LogP contribution is -2.70. The molecule has 33 heavy (non-hydrogen) atoms. The first kappa shape index (κ1) is 23.0. The van der Waals surface area contributed by atoms with E-state index in [4.69, 9.17) is 5.73 Å². The summed E-state index contributed by atoms with van der Waals surface area (Å²) >= 11 is 0. The molecule has 7 N–H and O–H groups in total. The summed E-state index contributed by atoms with van der Waals surface area (Å²) in [5, 5.41) is 55.5. The van der Waals surface area contributed by atoms with E-state index in [9.17, 15) is 39.9 Å². The van der Waals surface area contributed by atoms with Gasteiger partial charge in [-0.1, -0.05) is 19.1 Å². The van der Waals surface area contributed by atoms with Crippen LogP contribution < -0.4 is 5.73 Å². The molecule has 1 amide bonds. The monoisotopic (exact) mass is 458 g/mol. The smallest absolute Gasteiger partial charge is 0.255 e. The first-order valence-corrected chi connectivity index (χ1v) is 10.4. The van der Waals surface area contributed by atoms with Crippen LogP contribution in [-0.4, -0.2) is 79.7 Å². The summed E-state index contributed by atoms with van der Waals surface area (Å²) in [6.07, 6.45) is -1.59. The normalized spacial score (nSPS) is 33.7. The fourth-order valence-electron chi connectivity index (χ4n) is 5.72. The Kier molecular flexibility index (Phi) is 4.97. The number of carbonyl (C=O) groups excluding carboxylic acids is 3. The number of hydrogen-bond donors (Lipinski definition) is 6. The van der Waals surface area contributed by atoms with Gasteiger partial charge in [0.25, 0.3) is 5.91 Å². The average Bonchev–Trinajstić information content (AvgIpc) is 2.72. The number of aliphatic hydroxyl groups is 4. The number of amides is 1. The number of primary amides is 1. The Hall–Kier alpha value is -3.21. The molecule has 0 heterocycles. The van der Waals surface area contributed by atoms with Gasteiger partial charge in [0.05, 0.1) is 23.6 Å². The molecule has 1 saturated carbocycles. The van der Waals surface area contributed by atoms with Gasteiger partial charge < -0.3 is 31.3 Å². The standard InChI is InChI=1S/C23H26N2O8/c1-7-5-6-9-8(2)10-12(17(27)11(9)16(7)26)20(30)23(33)14(18(10)28)15(25(3)4)19(29)13(21(23)31)22(24)32/h5-6,8,10,14-15,18,26-28,31,33H,1-4H3,(H2,24,32)/t8-,10?,14?,15?,18?,23-/m0/s1. The zero-order valence-corrected chi connectivity index (χ0v) is 18.5. The van der Waals surface area contributed by atoms with Crippen LogP contribution in [0.25, 0.3) is 5.76 Å². The molecule has 1 fully saturated rings. The molecule has 0 radical (unpaired) electrons. The van der Waals surface area contributed by atoms with Gasteiger partial charge in [0.1, 0.15) is 22.8 Å². The molecule has 1 aromatic rings. The molecule has 1 aromatic carbocycles. The van der Waals surface area contributed by atoms with E-state index in [2.05, 4.69) is 0 Å². The summed E-state index contributed by atoms with van der Waals surface area (Å²) in [5.41, 5.74) is 1.94. The maximum Gasteiger partial charge on any atom is 0.255 e. The molecule has 3 aliphatic carbocycles. The van der Waals surface area contributed by atoms with Crippen LogP contribution >= 0.6 is 0 Å². The van der Waals surface area contributed by atoms with Crippen molar-refractivity contribution in [1.82, 2.24) is 4.90 Å². The fourth-order valence-corrected chi connectivity index (χ4v) is 5.72. The van der Waals surface area contributed by atoms with Crippen LogP contribution in [0, 0.1) is 18.8 Å². The number of phenolic OH excluding ortho intramolecular Hbond substituents is 1. The van der Waals surface area contributed by atoms with E-state index in [-0.39, 0.29) is 11.3 Å². The number of aliphatic hydroxyl groups excluding tert-OH is 3. The molecule has 6 atom stereocenters. The number of nitrogens with zero attached hydrogens (tertiary/aromatic N) is 1. The van der Waals surface area contributed by atoms with E-state index in [0.29, 0.717) is 11.1 Å². The maximum absolute atomic E-state index is 13.7. The Labute approximate surface area is 189 Å². The van der Waals surface area contributed by atoms with Crippen LogP contribution in [0.4, 0.5) is 0 Å². The van der Waals surface area contributed by atoms with Crippen LogP contribution in [-0.2, 0) is 14.4 Å². The summed E-state index contributed by atoms with van der Waals surface area (Å²) in [5.74, 6) is -8.82. The van der Waals surface area contributed by atoms with Crippen molar-refractivity contribution in [3.05, 3.63) is 45.7 Å². The Bertz CT molecular complexity index is 1180. The van der Waals surface area contributed by atoms with Crippen molar-refractivity contribution in [2.45, 2.75) is 37.5 Å². The summed E-state index contributed by atoms with van der Waals surface area (Å²) < 4.78 is 0. The average molecular weight is 458 g/mol.